The molecule has 1 amide bonds. The number of hydrogen-bond acceptors (Lipinski definition) is 3. The summed E-state index contributed by atoms with van der Waals surface area (Å²) in [4.78, 5) is 25.1. The number of carbonyl (C=O) groups is 1. The summed E-state index contributed by atoms with van der Waals surface area (Å²) in [6.45, 7) is 9.56. The maximum atomic E-state index is 12.6. The molecular formula is C23H33N5O2. The first kappa shape index (κ1) is 20.7. The van der Waals surface area contributed by atoms with Crippen molar-refractivity contribution in [3.8, 4) is 0 Å². The van der Waals surface area contributed by atoms with E-state index in [0.29, 0.717) is 6.61 Å². The first-order valence-electron chi connectivity index (χ1n) is 11.2. The molecule has 2 saturated heterocycles. The minimum absolute atomic E-state index is 0.156. The number of aromatic nitrogens is 1. The van der Waals surface area contributed by atoms with Crippen molar-refractivity contribution in [1.82, 2.24) is 20.1 Å². The highest BCUT2D eigenvalue weighted by atomic mass is 16.5. The number of carbonyl (C=O) groups excluding carboxylic acids is 1. The van der Waals surface area contributed by atoms with Crippen molar-refractivity contribution in [3.63, 3.8) is 0 Å². The highest BCUT2D eigenvalue weighted by Gasteiger charge is 2.30. The first-order valence-corrected chi connectivity index (χ1v) is 11.2. The molecule has 2 aromatic rings. The molecule has 3 heterocycles. The Morgan fingerprint density at radius 2 is 2.07 bits per heavy atom. The number of ether oxygens (including phenoxy) is 1. The number of para-hydroxylation sites is 1. The van der Waals surface area contributed by atoms with Crippen LogP contribution in [0.25, 0.3) is 10.9 Å². The zero-order chi connectivity index (χ0) is 20.9. The van der Waals surface area contributed by atoms with Crippen LogP contribution >= 0.6 is 0 Å². The van der Waals surface area contributed by atoms with Gasteiger partial charge in [0, 0.05) is 63.0 Å². The lowest BCUT2D eigenvalue weighted by atomic mass is 10.1. The number of nitrogens with one attached hydrogen (secondary N) is 2. The maximum Gasteiger partial charge on any atom is 0.251 e. The van der Waals surface area contributed by atoms with E-state index in [1.165, 1.54) is 22.0 Å². The monoisotopic (exact) mass is 411 g/mol. The van der Waals surface area contributed by atoms with Crippen molar-refractivity contribution < 1.29 is 9.53 Å². The minimum Gasteiger partial charge on any atom is -0.368 e. The zero-order valence-electron chi connectivity index (χ0n) is 18.1. The predicted molar refractivity (Wildman–Crippen MR) is 120 cm³/mol. The van der Waals surface area contributed by atoms with Gasteiger partial charge >= 0.3 is 0 Å². The van der Waals surface area contributed by atoms with Crippen LogP contribution in [0.2, 0.25) is 0 Å². The van der Waals surface area contributed by atoms with Gasteiger partial charge in [0.05, 0.1) is 0 Å². The quantitative estimate of drug-likeness (QED) is 0.585. The van der Waals surface area contributed by atoms with Gasteiger partial charge in [-0.05, 0) is 44.2 Å². The van der Waals surface area contributed by atoms with Crippen LogP contribution in [0, 0.1) is 6.92 Å². The number of rotatable bonds is 5. The number of aryl methyl sites for hydroxylation is 1. The van der Waals surface area contributed by atoms with Gasteiger partial charge in [-0.15, -0.1) is 0 Å². The van der Waals surface area contributed by atoms with Crippen LogP contribution in [0.4, 0.5) is 0 Å². The Hall–Kier alpha value is -2.54. The Morgan fingerprint density at radius 3 is 2.80 bits per heavy atom. The lowest BCUT2D eigenvalue weighted by molar-refractivity contribution is -0.142. The molecule has 1 unspecified atom stereocenters. The molecule has 4 rings (SSSR count). The SMILES string of the molecule is CCNC(=NCCc1c[nH]c2c(C)cccc12)N1CCN(C(=O)C2CCCO2)CC1. The summed E-state index contributed by atoms with van der Waals surface area (Å²) in [6, 6.07) is 6.42. The van der Waals surface area contributed by atoms with E-state index < -0.39 is 0 Å². The standard InChI is InChI=1S/C23H33N5O2/c1-3-24-23(25-10-9-18-16-26-21-17(2)6-4-7-19(18)21)28-13-11-27(12-14-28)22(29)20-8-5-15-30-20/h4,6-7,16,20,26H,3,5,8-15H2,1-2H3,(H,24,25). The van der Waals surface area contributed by atoms with E-state index in [0.717, 1.165) is 64.5 Å². The number of fused-ring (bicyclic) bond motifs is 1. The molecule has 7 heteroatoms. The highest BCUT2D eigenvalue weighted by molar-refractivity contribution is 5.86. The third kappa shape index (κ3) is 4.46. The van der Waals surface area contributed by atoms with Gasteiger partial charge in [-0.2, -0.15) is 0 Å². The molecule has 162 valence electrons. The Morgan fingerprint density at radius 1 is 1.27 bits per heavy atom. The van der Waals surface area contributed by atoms with Gasteiger partial charge in [-0.1, -0.05) is 18.2 Å². The highest BCUT2D eigenvalue weighted by Crippen LogP contribution is 2.21. The summed E-state index contributed by atoms with van der Waals surface area (Å²) in [5, 5.41) is 4.71. The van der Waals surface area contributed by atoms with Crippen LogP contribution in [-0.4, -0.2) is 78.6 Å². The van der Waals surface area contributed by atoms with Gasteiger partial charge in [0.25, 0.3) is 5.91 Å². The number of amides is 1. The van der Waals surface area contributed by atoms with Gasteiger partial charge < -0.3 is 24.8 Å². The van der Waals surface area contributed by atoms with Crippen molar-refractivity contribution in [2.24, 2.45) is 4.99 Å². The average molecular weight is 412 g/mol. The Labute approximate surface area is 178 Å². The summed E-state index contributed by atoms with van der Waals surface area (Å²) < 4.78 is 5.56. The molecule has 0 saturated carbocycles. The molecule has 2 N–H and O–H groups in total. The van der Waals surface area contributed by atoms with E-state index >= 15 is 0 Å². The first-order chi connectivity index (χ1) is 14.7. The molecule has 2 fully saturated rings. The third-order valence-electron chi connectivity index (χ3n) is 6.08. The number of benzene rings is 1. The summed E-state index contributed by atoms with van der Waals surface area (Å²) in [5.41, 5.74) is 3.79. The van der Waals surface area contributed by atoms with Crippen molar-refractivity contribution in [2.75, 3.05) is 45.9 Å². The van der Waals surface area contributed by atoms with Crippen LogP contribution in [0.1, 0.15) is 30.9 Å². The number of piperazine rings is 1. The molecule has 2 aliphatic heterocycles. The Kier molecular flexibility index (Phi) is 6.57. The topological polar surface area (TPSA) is 73.0 Å². The third-order valence-corrected chi connectivity index (χ3v) is 6.08. The van der Waals surface area contributed by atoms with Gasteiger partial charge in [0.15, 0.2) is 5.96 Å². The van der Waals surface area contributed by atoms with Gasteiger partial charge in [-0.3, -0.25) is 9.79 Å². The van der Waals surface area contributed by atoms with Gasteiger partial charge in [0.2, 0.25) is 0 Å². The van der Waals surface area contributed by atoms with E-state index in [4.69, 9.17) is 9.73 Å². The van der Waals surface area contributed by atoms with Crippen LogP contribution < -0.4 is 5.32 Å². The van der Waals surface area contributed by atoms with Crippen LogP contribution in [-0.2, 0) is 16.0 Å². The number of nitrogens with zero attached hydrogens (tertiary/aromatic N) is 3. The fraction of sp³-hybridized carbons (Fsp3) is 0.565. The second-order valence-electron chi connectivity index (χ2n) is 8.11. The van der Waals surface area contributed by atoms with Crippen LogP contribution in [0.3, 0.4) is 0 Å². The van der Waals surface area contributed by atoms with Crippen molar-refractivity contribution >= 4 is 22.8 Å². The van der Waals surface area contributed by atoms with E-state index in [2.05, 4.69) is 53.4 Å². The summed E-state index contributed by atoms with van der Waals surface area (Å²) in [7, 11) is 0. The fourth-order valence-electron chi connectivity index (χ4n) is 4.39. The molecule has 30 heavy (non-hydrogen) atoms. The largest absolute Gasteiger partial charge is 0.368 e. The molecule has 1 aromatic heterocycles. The summed E-state index contributed by atoms with van der Waals surface area (Å²) >= 11 is 0. The molecule has 7 nitrogen and oxygen atoms in total. The number of aromatic amines is 1. The van der Waals surface area contributed by atoms with E-state index in [9.17, 15) is 4.79 Å². The molecular weight excluding hydrogens is 378 g/mol. The number of hydrogen-bond donors (Lipinski definition) is 2. The summed E-state index contributed by atoms with van der Waals surface area (Å²) in [6.07, 6.45) is 4.63. The van der Waals surface area contributed by atoms with Crippen LogP contribution in [0.15, 0.2) is 29.4 Å². The van der Waals surface area contributed by atoms with E-state index in [1.807, 2.05) is 4.90 Å². The van der Waals surface area contributed by atoms with Crippen molar-refractivity contribution in [1.29, 1.82) is 0 Å². The summed E-state index contributed by atoms with van der Waals surface area (Å²) in [5.74, 6) is 1.10. The molecule has 0 radical (unpaired) electrons. The average Bonchev–Trinajstić information content (AvgIpc) is 3.44. The Bertz CT molecular complexity index is 892. The normalized spacial score (nSPS) is 20.2. The van der Waals surface area contributed by atoms with E-state index in [1.54, 1.807) is 0 Å². The number of aliphatic imine (C=N–C) groups is 1. The number of guanidine groups is 1. The molecule has 0 spiro atoms. The van der Waals surface area contributed by atoms with Gasteiger partial charge in [0.1, 0.15) is 6.10 Å². The Balaban J connectivity index is 1.34. The second-order valence-corrected chi connectivity index (χ2v) is 8.11. The molecule has 1 aromatic carbocycles. The van der Waals surface area contributed by atoms with Crippen molar-refractivity contribution in [3.05, 3.63) is 35.5 Å². The van der Waals surface area contributed by atoms with E-state index in [-0.39, 0.29) is 12.0 Å². The maximum absolute atomic E-state index is 12.6. The van der Waals surface area contributed by atoms with Gasteiger partial charge in [-0.25, -0.2) is 0 Å². The molecule has 0 bridgehead atoms. The molecule has 0 aliphatic carbocycles. The number of H-pyrrole nitrogens is 1. The smallest absolute Gasteiger partial charge is 0.251 e. The fourth-order valence-corrected chi connectivity index (χ4v) is 4.39. The zero-order valence-corrected chi connectivity index (χ0v) is 18.1. The van der Waals surface area contributed by atoms with Crippen LogP contribution in [0.5, 0.6) is 0 Å². The lowest BCUT2D eigenvalue weighted by Gasteiger charge is -2.37. The minimum atomic E-state index is -0.224. The second kappa shape index (κ2) is 9.51. The van der Waals surface area contributed by atoms with Crippen molar-refractivity contribution in [2.45, 2.75) is 39.2 Å². The predicted octanol–water partition coefficient (Wildman–Crippen LogP) is 2.31. The molecule has 2 aliphatic rings. The molecule has 1 atom stereocenters. The lowest BCUT2D eigenvalue weighted by Crippen LogP contribution is -2.55.